The maximum atomic E-state index is 12.4. The summed E-state index contributed by atoms with van der Waals surface area (Å²) in [5.41, 5.74) is 0.0938. The SMILES string of the molecule is C[C@]12CC[C@H]3[C@@H](CCC4=C[C@H](O)CC[C@@]43C=O)[C@]1(O)CC[C@@H]2c1ccc(=O)oc1. The molecule has 0 saturated heterocycles. The number of allylic oxidation sites excluding steroid dienone is 1. The van der Waals surface area contributed by atoms with Gasteiger partial charge in [0, 0.05) is 11.5 Å². The van der Waals surface area contributed by atoms with Gasteiger partial charge in [0.25, 0.3) is 0 Å². The van der Waals surface area contributed by atoms with E-state index in [9.17, 15) is 19.8 Å². The smallest absolute Gasteiger partial charge is 0.335 e. The molecule has 156 valence electrons. The molecule has 0 spiro atoms. The third-order valence-corrected chi connectivity index (χ3v) is 9.21. The van der Waals surface area contributed by atoms with Crippen molar-refractivity contribution < 1.29 is 19.4 Å². The van der Waals surface area contributed by atoms with Crippen LogP contribution < -0.4 is 5.63 Å². The van der Waals surface area contributed by atoms with Crippen molar-refractivity contribution in [2.75, 3.05) is 0 Å². The largest absolute Gasteiger partial charge is 0.431 e. The lowest BCUT2D eigenvalue weighted by Gasteiger charge is -2.61. The summed E-state index contributed by atoms with van der Waals surface area (Å²) in [5.74, 6) is 0.368. The van der Waals surface area contributed by atoms with Gasteiger partial charge in [-0.3, -0.25) is 0 Å². The molecule has 3 saturated carbocycles. The number of aliphatic hydroxyl groups excluding tert-OH is 1. The number of hydrogen-bond donors (Lipinski definition) is 2. The summed E-state index contributed by atoms with van der Waals surface area (Å²) in [6.45, 7) is 2.19. The number of fused-ring (bicyclic) bond motifs is 5. The summed E-state index contributed by atoms with van der Waals surface area (Å²) < 4.78 is 5.13. The minimum atomic E-state index is -0.825. The van der Waals surface area contributed by atoms with Gasteiger partial charge in [-0.15, -0.1) is 0 Å². The fraction of sp³-hybridized carbons (Fsp3) is 0.667. The summed E-state index contributed by atoms with van der Waals surface area (Å²) in [6, 6.07) is 3.31. The molecule has 0 amide bonds. The normalized spacial score (nSPS) is 46.2. The van der Waals surface area contributed by atoms with E-state index in [4.69, 9.17) is 4.42 Å². The average molecular weight is 398 g/mol. The Hall–Kier alpha value is -1.72. The van der Waals surface area contributed by atoms with Crippen LogP contribution in [0.2, 0.25) is 0 Å². The molecule has 1 heterocycles. The monoisotopic (exact) mass is 398 g/mol. The van der Waals surface area contributed by atoms with Crippen molar-refractivity contribution in [2.45, 2.75) is 75.9 Å². The van der Waals surface area contributed by atoms with Crippen molar-refractivity contribution in [2.24, 2.45) is 22.7 Å². The van der Waals surface area contributed by atoms with Crippen LogP contribution in [0.4, 0.5) is 0 Å². The lowest BCUT2D eigenvalue weighted by molar-refractivity contribution is -0.179. The third kappa shape index (κ3) is 2.46. The van der Waals surface area contributed by atoms with Crippen LogP contribution in [-0.2, 0) is 4.79 Å². The van der Waals surface area contributed by atoms with Gasteiger partial charge in [0.05, 0.1) is 23.4 Å². The van der Waals surface area contributed by atoms with E-state index in [-0.39, 0.29) is 28.8 Å². The van der Waals surface area contributed by atoms with Crippen molar-refractivity contribution in [3.8, 4) is 0 Å². The molecule has 5 rings (SSSR count). The lowest BCUT2D eigenvalue weighted by atomic mass is 9.45. The van der Waals surface area contributed by atoms with Gasteiger partial charge >= 0.3 is 5.63 Å². The van der Waals surface area contributed by atoms with Gasteiger partial charge in [-0.25, -0.2) is 4.79 Å². The Kier molecular flexibility index (Phi) is 4.24. The van der Waals surface area contributed by atoms with Gasteiger partial charge < -0.3 is 19.4 Å². The van der Waals surface area contributed by atoms with Crippen LogP contribution in [0.1, 0.15) is 69.8 Å². The predicted molar refractivity (Wildman–Crippen MR) is 107 cm³/mol. The van der Waals surface area contributed by atoms with Crippen molar-refractivity contribution in [3.63, 3.8) is 0 Å². The minimum Gasteiger partial charge on any atom is -0.431 e. The van der Waals surface area contributed by atoms with Crippen LogP contribution in [0.3, 0.4) is 0 Å². The van der Waals surface area contributed by atoms with E-state index in [0.717, 1.165) is 49.5 Å². The molecule has 5 heteroatoms. The molecule has 29 heavy (non-hydrogen) atoms. The van der Waals surface area contributed by atoms with Crippen LogP contribution in [0, 0.1) is 22.7 Å². The molecular weight excluding hydrogens is 368 g/mol. The second-order valence-corrected chi connectivity index (χ2v) is 10.1. The molecule has 1 aromatic rings. The van der Waals surface area contributed by atoms with Gasteiger partial charge in [-0.2, -0.15) is 0 Å². The molecule has 0 bridgehead atoms. The number of hydrogen-bond acceptors (Lipinski definition) is 5. The van der Waals surface area contributed by atoms with E-state index in [1.165, 1.54) is 6.07 Å². The Morgan fingerprint density at radius 3 is 2.66 bits per heavy atom. The zero-order valence-electron chi connectivity index (χ0n) is 17.0. The first kappa shape index (κ1) is 19.3. The summed E-state index contributed by atoms with van der Waals surface area (Å²) in [4.78, 5) is 23.8. The first-order valence-electron chi connectivity index (χ1n) is 11.0. The molecule has 3 fully saturated rings. The maximum Gasteiger partial charge on any atom is 0.335 e. The van der Waals surface area contributed by atoms with Crippen molar-refractivity contribution >= 4 is 6.29 Å². The predicted octanol–water partition coefficient (Wildman–Crippen LogP) is 3.34. The Bertz CT molecular complexity index is 898. The average Bonchev–Trinajstić information content (AvgIpc) is 3.00. The number of carbonyl (C=O) groups is 1. The van der Waals surface area contributed by atoms with Crippen LogP contribution in [0.15, 0.2) is 39.3 Å². The van der Waals surface area contributed by atoms with E-state index >= 15 is 0 Å². The molecule has 4 aliphatic rings. The van der Waals surface area contributed by atoms with E-state index < -0.39 is 17.1 Å². The molecule has 4 aliphatic carbocycles. The van der Waals surface area contributed by atoms with Gasteiger partial charge in [0.1, 0.15) is 6.29 Å². The number of rotatable bonds is 2. The first-order chi connectivity index (χ1) is 13.8. The van der Waals surface area contributed by atoms with E-state index in [2.05, 4.69) is 6.92 Å². The second-order valence-electron chi connectivity index (χ2n) is 10.1. The summed E-state index contributed by atoms with van der Waals surface area (Å²) in [5, 5.41) is 22.2. The highest BCUT2D eigenvalue weighted by Crippen LogP contribution is 2.69. The van der Waals surface area contributed by atoms with Crippen LogP contribution in [0.5, 0.6) is 0 Å². The molecule has 1 aromatic heterocycles. The maximum absolute atomic E-state index is 12.4. The highest BCUT2D eigenvalue weighted by atomic mass is 16.4. The van der Waals surface area contributed by atoms with Gasteiger partial charge in [0.15, 0.2) is 0 Å². The molecule has 2 N–H and O–H groups in total. The van der Waals surface area contributed by atoms with Crippen LogP contribution in [0.25, 0.3) is 0 Å². The van der Waals surface area contributed by atoms with Gasteiger partial charge in [-0.05, 0) is 80.8 Å². The summed E-state index contributed by atoms with van der Waals surface area (Å²) in [7, 11) is 0. The Labute approximate surface area is 170 Å². The first-order valence-corrected chi connectivity index (χ1v) is 11.0. The quantitative estimate of drug-likeness (QED) is 0.589. The molecule has 0 aromatic carbocycles. The Balaban J connectivity index is 1.53. The Morgan fingerprint density at radius 2 is 1.93 bits per heavy atom. The van der Waals surface area contributed by atoms with E-state index in [1.807, 2.05) is 12.1 Å². The summed E-state index contributed by atoms with van der Waals surface area (Å²) >= 11 is 0. The fourth-order valence-electron chi connectivity index (χ4n) is 7.71. The molecule has 0 radical (unpaired) electrons. The van der Waals surface area contributed by atoms with Crippen molar-refractivity contribution in [1.82, 2.24) is 0 Å². The topological polar surface area (TPSA) is 87.7 Å². The van der Waals surface area contributed by atoms with Crippen LogP contribution >= 0.6 is 0 Å². The zero-order chi connectivity index (χ0) is 20.4. The van der Waals surface area contributed by atoms with E-state index in [0.29, 0.717) is 19.3 Å². The third-order valence-electron chi connectivity index (χ3n) is 9.21. The summed E-state index contributed by atoms with van der Waals surface area (Å²) in [6.07, 6.45) is 10.4. The number of aldehydes is 1. The van der Waals surface area contributed by atoms with Crippen molar-refractivity contribution in [3.05, 3.63) is 46.0 Å². The number of aliphatic hydroxyl groups is 2. The van der Waals surface area contributed by atoms with Crippen LogP contribution in [-0.4, -0.2) is 28.2 Å². The molecule has 0 aliphatic heterocycles. The molecule has 5 nitrogen and oxygen atoms in total. The van der Waals surface area contributed by atoms with E-state index in [1.54, 1.807) is 6.26 Å². The number of carbonyl (C=O) groups excluding carboxylic acids is 1. The minimum absolute atomic E-state index is 0.0829. The standard InChI is InChI=1S/C24H30O5/c1-22-9-7-19-20(4-3-16-12-17(26)6-10-23(16,19)14-25)24(22,28)11-8-18(22)15-2-5-21(27)29-13-15/h2,5,12-14,17-20,26,28H,3-4,6-11H2,1H3/t17-,18-,19+,20-,22-,23-,24-/m1/s1. The second kappa shape index (κ2) is 6.39. The lowest BCUT2D eigenvalue weighted by Crippen LogP contribution is -2.61. The fourth-order valence-corrected chi connectivity index (χ4v) is 7.71. The Morgan fingerprint density at radius 1 is 1.10 bits per heavy atom. The zero-order valence-corrected chi connectivity index (χ0v) is 17.0. The highest BCUT2D eigenvalue weighted by molar-refractivity contribution is 5.67. The molecule has 7 atom stereocenters. The molecule has 0 unspecified atom stereocenters. The van der Waals surface area contributed by atoms with Crippen molar-refractivity contribution in [1.29, 1.82) is 0 Å². The molecular formula is C24H30O5. The van der Waals surface area contributed by atoms with Gasteiger partial charge in [0.2, 0.25) is 0 Å². The van der Waals surface area contributed by atoms with Gasteiger partial charge in [-0.1, -0.05) is 18.6 Å². The highest BCUT2D eigenvalue weighted by Gasteiger charge is 2.67.